The number of ether oxygens (including phenoxy) is 2. The first-order valence-corrected chi connectivity index (χ1v) is 16.0. The minimum absolute atomic E-state index is 0.708. The van der Waals surface area contributed by atoms with Crippen LogP contribution < -0.4 is 14.4 Å². The van der Waals surface area contributed by atoms with Gasteiger partial charge in [0.2, 0.25) is 0 Å². The highest BCUT2D eigenvalue weighted by Gasteiger charge is 2.26. The molecule has 0 unspecified atom stereocenters. The second-order valence-electron chi connectivity index (χ2n) is 12.2. The molecule has 0 amide bonds. The third-order valence-electron chi connectivity index (χ3n) is 9.69. The zero-order valence-electron chi connectivity index (χ0n) is 26.1. The Morgan fingerprint density at radius 1 is 0.587 bits per heavy atom. The smallest absolute Gasteiger partial charge is 0.118 e. The lowest BCUT2D eigenvalue weighted by Crippen LogP contribution is -2.30. The summed E-state index contributed by atoms with van der Waals surface area (Å²) >= 11 is 0. The van der Waals surface area contributed by atoms with Crippen LogP contribution in [0, 0.1) is 11.3 Å². The molecule has 0 radical (unpaired) electrons. The number of hydrogen-bond acceptors (Lipinski definition) is 4. The first-order chi connectivity index (χ1) is 22.7. The van der Waals surface area contributed by atoms with E-state index in [1.807, 2.05) is 24.3 Å². The van der Waals surface area contributed by atoms with Crippen molar-refractivity contribution in [3.05, 3.63) is 115 Å². The standard InChI is InChI=1S/C42H34N2O2/c1-45-32-17-11-30(12-18-32)41-36(34-21-15-29-10-9-27-7-6-8-28-16-22-35(34)40(29)39(27)28)25-38(44-23-4-3-5-24-44)37(26-43)42(41)31-13-19-33(46-2)20-14-31/h6-22,25H,3-5,23-24H2,1-2H3. The molecular weight excluding hydrogens is 564 g/mol. The van der Waals surface area contributed by atoms with Crippen LogP contribution in [-0.2, 0) is 0 Å². The lowest BCUT2D eigenvalue weighted by Gasteiger charge is -2.32. The summed E-state index contributed by atoms with van der Waals surface area (Å²) in [6, 6.07) is 41.4. The number of hydrogen-bond donors (Lipinski definition) is 0. The lowest BCUT2D eigenvalue weighted by molar-refractivity contribution is 0.414. The number of nitrogens with zero attached hydrogens (tertiary/aromatic N) is 2. The van der Waals surface area contributed by atoms with Crippen molar-refractivity contribution in [2.24, 2.45) is 0 Å². The molecule has 0 saturated carbocycles. The second-order valence-corrected chi connectivity index (χ2v) is 12.2. The zero-order valence-corrected chi connectivity index (χ0v) is 26.1. The number of benzene rings is 7. The van der Waals surface area contributed by atoms with Crippen LogP contribution in [0.25, 0.3) is 65.7 Å². The number of methoxy groups -OCH3 is 2. The van der Waals surface area contributed by atoms with Gasteiger partial charge in [0.05, 0.1) is 25.5 Å². The fourth-order valence-corrected chi connectivity index (χ4v) is 7.45. The average molecular weight is 599 g/mol. The number of nitriles is 1. The van der Waals surface area contributed by atoms with Gasteiger partial charge in [-0.05, 0) is 110 Å². The monoisotopic (exact) mass is 598 g/mol. The van der Waals surface area contributed by atoms with Crippen molar-refractivity contribution in [1.29, 1.82) is 5.26 Å². The third kappa shape index (κ3) is 4.51. The van der Waals surface area contributed by atoms with E-state index in [-0.39, 0.29) is 0 Å². The van der Waals surface area contributed by atoms with Gasteiger partial charge in [-0.3, -0.25) is 0 Å². The molecule has 1 heterocycles. The maximum Gasteiger partial charge on any atom is 0.118 e. The predicted octanol–water partition coefficient (Wildman–Crippen LogP) is 10.5. The van der Waals surface area contributed by atoms with Crippen LogP contribution in [0.5, 0.6) is 11.5 Å². The van der Waals surface area contributed by atoms with E-state index in [9.17, 15) is 5.26 Å². The van der Waals surface area contributed by atoms with E-state index in [1.54, 1.807) is 14.2 Å². The average Bonchev–Trinajstić information content (AvgIpc) is 3.13. The van der Waals surface area contributed by atoms with Crippen molar-refractivity contribution < 1.29 is 9.47 Å². The molecule has 0 aliphatic carbocycles. The third-order valence-corrected chi connectivity index (χ3v) is 9.69. The van der Waals surface area contributed by atoms with E-state index in [0.29, 0.717) is 5.56 Å². The van der Waals surface area contributed by atoms with E-state index < -0.39 is 0 Å². The Morgan fingerprint density at radius 3 is 1.76 bits per heavy atom. The molecule has 1 aliphatic rings. The maximum absolute atomic E-state index is 10.9. The van der Waals surface area contributed by atoms with Crippen LogP contribution in [0.3, 0.4) is 0 Å². The molecule has 0 aromatic heterocycles. The Morgan fingerprint density at radius 2 is 1.15 bits per heavy atom. The van der Waals surface area contributed by atoms with Gasteiger partial charge in [0.25, 0.3) is 0 Å². The second kappa shape index (κ2) is 11.4. The van der Waals surface area contributed by atoms with E-state index in [1.165, 1.54) is 38.7 Å². The highest BCUT2D eigenvalue weighted by atomic mass is 16.5. The van der Waals surface area contributed by atoms with Crippen molar-refractivity contribution in [2.75, 3.05) is 32.2 Å². The van der Waals surface area contributed by atoms with Gasteiger partial charge >= 0.3 is 0 Å². The van der Waals surface area contributed by atoms with E-state index >= 15 is 0 Å². The molecule has 0 spiro atoms. The van der Waals surface area contributed by atoms with Crippen LogP contribution in [0.15, 0.2) is 109 Å². The van der Waals surface area contributed by atoms with Gasteiger partial charge in [-0.15, -0.1) is 0 Å². The van der Waals surface area contributed by atoms with Crippen LogP contribution in [0.2, 0.25) is 0 Å². The summed E-state index contributed by atoms with van der Waals surface area (Å²) in [6.45, 7) is 1.88. The van der Waals surface area contributed by atoms with Crippen molar-refractivity contribution in [3.63, 3.8) is 0 Å². The molecule has 46 heavy (non-hydrogen) atoms. The van der Waals surface area contributed by atoms with Crippen LogP contribution >= 0.6 is 0 Å². The summed E-state index contributed by atoms with van der Waals surface area (Å²) in [5.74, 6) is 1.58. The minimum atomic E-state index is 0.708. The molecule has 4 heteroatoms. The Balaban J connectivity index is 1.52. The topological polar surface area (TPSA) is 45.5 Å². The van der Waals surface area contributed by atoms with Gasteiger partial charge in [-0.25, -0.2) is 0 Å². The number of piperidine rings is 1. The first kappa shape index (κ1) is 28.0. The van der Waals surface area contributed by atoms with Gasteiger partial charge in [-0.2, -0.15) is 5.26 Å². The Labute approximate surface area is 269 Å². The maximum atomic E-state index is 10.9. The molecule has 1 fully saturated rings. The highest BCUT2D eigenvalue weighted by Crippen LogP contribution is 2.49. The SMILES string of the molecule is COc1ccc(-c2c(-c3ccc4ccc5cccc6ccc3c4c56)cc(N3CCCCC3)c(C#N)c2-c2ccc(OC)cc2)cc1. The summed E-state index contributed by atoms with van der Waals surface area (Å²) in [5, 5.41) is 18.5. The molecular formula is C42H34N2O2. The molecule has 7 aromatic carbocycles. The van der Waals surface area contributed by atoms with Crippen molar-refractivity contribution in [1.82, 2.24) is 0 Å². The molecule has 8 rings (SSSR count). The number of anilines is 1. The first-order valence-electron chi connectivity index (χ1n) is 16.0. The van der Waals surface area contributed by atoms with Crippen LogP contribution in [0.4, 0.5) is 5.69 Å². The van der Waals surface area contributed by atoms with Crippen LogP contribution in [0.1, 0.15) is 24.8 Å². The highest BCUT2D eigenvalue weighted by molar-refractivity contribution is 6.26. The van der Waals surface area contributed by atoms with Gasteiger partial charge < -0.3 is 14.4 Å². The molecule has 0 N–H and O–H groups in total. The minimum Gasteiger partial charge on any atom is -0.497 e. The zero-order chi connectivity index (χ0) is 31.2. The Kier molecular flexibility index (Phi) is 6.96. The van der Waals surface area contributed by atoms with Gasteiger partial charge in [0, 0.05) is 18.7 Å². The number of rotatable bonds is 6. The summed E-state index contributed by atoms with van der Waals surface area (Å²) in [5.41, 5.74) is 8.00. The molecule has 1 saturated heterocycles. The van der Waals surface area contributed by atoms with Crippen molar-refractivity contribution >= 4 is 38.0 Å². The lowest BCUT2D eigenvalue weighted by atomic mass is 9.81. The summed E-state index contributed by atoms with van der Waals surface area (Å²) in [4.78, 5) is 2.42. The quantitative estimate of drug-likeness (QED) is 0.179. The van der Waals surface area contributed by atoms with E-state index in [0.717, 1.165) is 76.5 Å². The van der Waals surface area contributed by atoms with Crippen molar-refractivity contribution in [2.45, 2.75) is 19.3 Å². The summed E-state index contributed by atoms with van der Waals surface area (Å²) in [7, 11) is 3.37. The van der Waals surface area contributed by atoms with Crippen molar-refractivity contribution in [3.8, 4) is 50.9 Å². The molecule has 1 aliphatic heterocycles. The van der Waals surface area contributed by atoms with Gasteiger partial charge in [-0.1, -0.05) is 78.9 Å². The molecule has 0 bridgehead atoms. The van der Waals surface area contributed by atoms with Crippen LogP contribution in [-0.4, -0.2) is 27.3 Å². The Bertz CT molecular complexity index is 2240. The van der Waals surface area contributed by atoms with E-state index in [2.05, 4.69) is 95.9 Å². The predicted molar refractivity (Wildman–Crippen MR) is 190 cm³/mol. The molecule has 4 nitrogen and oxygen atoms in total. The molecule has 224 valence electrons. The summed E-state index contributed by atoms with van der Waals surface area (Å²) in [6.07, 6.45) is 3.46. The van der Waals surface area contributed by atoms with Gasteiger partial charge in [0.1, 0.15) is 17.6 Å². The summed E-state index contributed by atoms with van der Waals surface area (Å²) < 4.78 is 11.1. The fraction of sp³-hybridized carbons (Fsp3) is 0.167. The van der Waals surface area contributed by atoms with E-state index in [4.69, 9.17) is 9.47 Å². The molecule has 0 atom stereocenters. The largest absolute Gasteiger partial charge is 0.497 e. The fourth-order valence-electron chi connectivity index (χ4n) is 7.45. The van der Waals surface area contributed by atoms with Gasteiger partial charge in [0.15, 0.2) is 0 Å². The molecule has 7 aromatic rings. The normalized spacial score (nSPS) is 13.4. The Hall–Kier alpha value is -5.53.